The van der Waals surface area contributed by atoms with Gasteiger partial charge in [-0.1, -0.05) is 101 Å². The van der Waals surface area contributed by atoms with Crippen LogP contribution in [0.4, 0.5) is 0 Å². The van der Waals surface area contributed by atoms with Crippen LogP contribution in [0, 0.1) is 0 Å². The average molecular weight is 623 g/mol. The lowest BCUT2D eigenvalue weighted by atomic mass is 9.94. The molecule has 0 bridgehead atoms. The van der Waals surface area contributed by atoms with Crippen LogP contribution in [0.3, 0.4) is 0 Å². The Morgan fingerprint density at radius 2 is 1.05 bits per heavy atom. The minimum Gasteiger partial charge on any atom is -0.354 e. The van der Waals surface area contributed by atoms with Gasteiger partial charge in [-0.15, -0.1) is 0 Å². The molecule has 2 aromatic carbocycles. The number of benzene rings is 2. The molecule has 0 amide bonds. The third-order valence-electron chi connectivity index (χ3n) is 7.68. The molecule has 4 rings (SSSR count). The fraction of sp³-hybridized carbons (Fsp3) is 0.600. The second-order valence-electron chi connectivity index (χ2n) is 10.4. The summed E-state index contributed by atoms with van der Waals surface area (Å²) in [4.78, 5) is 7.62. The Morgan fingerprint density at radius 3 is 1.42 bits per heavy atom. The van der Waals surface area contributed by atoms with Gasteiger partial charge in [0.1, 0.15) is 8.64 Å². The van der Waals surface area contributed by atoms with Crippen molar-refractivity contribution in [1.82, 2.24) is 9.80 Å². The molecular weight excluding hydrogens is 581 g/mol. The molecule has 8 heteroatoms. The van der Waals surface area contributed by atoms with Gasteiger partial charge in [-0.05, 0) is 105 Å². The van der Waals surface area contributed by atoms with Gasteiger partial charge in [0.2, 0.25) is 0 Å². The molecule has 0 atom stereocenters. The van der Waals surface area contributed by atoms with E-state index in [-0.39, 0.29) is 0 Å². The summed E-state index contributed by atoms with van der Waals surface area (Å²) in [5, 5.41) is 2.61. The molecule has 2 aromatic rings. The number of hydrogen-bond acceptors (Lipinski definition) is 6. The van der Waals surface area contributed by atoms with E-state index in [0.717, 1.165) is 34.6 Å². The van der Waals surface area contributed by atoms with E-state index in [2.05, 4.69) is 60.0 Å². The summed E-state index contributed by atoms with van der Waals surface area (Å²) >= 11 is 12.0. The Labute approximate surface area is 257 Å². The highest BCUT2D eigenvalue weighted by Gasteiger charge is 2.25. The predicted octanol–water partition coefficient (Wildman–Crippen LogP) is 11.0. The summed E-state index contributed by atoms with van der Waals surface area (Å²) in [5.41, 5.74) is 0. The van der Waals surface area contributed by atoms with E-state index in [1.54, 1.807) is 21.6 Å². The van der Waals surface area contributed by atoms with Gasteiger partial charge in [0, 0.05) is 35.0 Å². The summed E-state index contributed by atoms with van der Waals surface area (Å²) < 4.78 is 2.09. The van der Waals surface area contributed by atoms with E-state index in [0.29, 0.717) is 12.1 Å². The Balaban J connectivity index is 1.42. The Kier molecular flexibility index (Phi) is 13.3. The van der Waals surface area contributed by atoms with Crippen molar-refractivity contribution >= 4 is 87.0 Å². The summed E-state index contributed by atoms with van der Waals surface area (Å²) in [6.07, 6.45) is 15.6. The molecule has 2 saturated carbocycles. The first kappa shape index (κ1) is 30.8. The zero-order valence-electron chi connectivity index (χ0n) is 22.9. The van der Waals surface area contributed by atoms with E-state index in [1.165, 1.54) is 84.8 Å². The summed E-state index contributed by atoms with van der Waals surface area (Å²) in [7, 11) is 7.19. The van der Waals surface area contributed by atoms with Gasteiger partial charge in [-0.25, -0.2) is 0 Å². The van der Waals surface area contributed by atoms with Crippen molar-refractivity contribution in [3.8, 4) is 0 Å². The van der Waals surface area contributed by atoms with Crippen molar-refractivity contribution < 1.29 is 0 Å². The Morgan fingerprint density at radius 1 is 0.658 bits per heavy atom. The number of fused-ring (bicyclic) bond motifs is 1. The average Bonchev–Trinajstić information content (AvgIpc) is 2.97. The number of nitrogens with zero attached hydrogens (tertiary/aromatic N) is 2. The molecule has 208 valence electrons. The second kappa shape index (κ2) is 16.4. The van der Waals surface area contributed by atoms with E-state index in [4.69, 9.17) is 24.4 Å². The van der Waals surface area contributed by atoms with Gasteiger partial charge in [-0.2, -0.15) is 0 Å². The van der Waals surface area contributed by atoms with Crippen LogP contribution in [0.2, 0.25) is 0 Å². The van der Waals surface area contributed by atoms with Crippen LogP contribution in [0.1, 0.15) is 90.9 Å². The van der Waals surface area contributed by atoms with E-state index >= 15 is 0 Å². The van der Waals surface area contributed by atoms with Crippen LogP contribution in [0.25, 0.3) is 10.8 Å². The van der Waals surface area contributed by atoms with Crippen molar-refractivity contribution in [3.05, 3.63) is 36.4 Å². The third-order valence-corrected chi connectivity index (χ3v) is 13.8. The lowest BCUT2D eigenvalue weighted by Crippen LogP contribution is -2.39. The fourth-order valence-electron chi connectivity index (χ4n) is 5.76. The van der Waals surface area contributed by atoms with E-state index < -0.39 is 0 Å². The highest BCUT2D eigenvalue weighted by atomic mass is 33.1. The maximum absolute atomic E-state index is 5.98. The van der Waals surface area contributed by atoms with Crippen LogP contribution in [0.5, 0.6) is 0 Å². The Hall–Kier alpha value is -0.120. The molecule has 2 aliphatic rings. The number of thiocarbonyl (C=S) groups is 2. The summed E-state index contributed by atoms with van der Waals surface area (Å²) in [6.45, 7) is 6.67. The van der Waals surface area contributed by atoms with E-state index in [1.807, 2.05) is 21.6 Å². The van der Waals surface area contributed by atoms with Crippen LogP contribution in [0.15, 0.2) is 46.2 Å². The lowest BCUT2D eigenvalue weighted by molar-refractivity contribution is 0.251. The molecule has 0 saturated heterocycles. The SMILES string of the molecule is CCCN(C(=S)SSc1ccc(SSC(=S)N(CCC)C2CCCCC2)c2ccccc12)C1CCCCC1. The highest BCUT2D eigenvalue weighted by molar-refractivity contribution is 8.84. The summed E-state index contributed by atoms with van der Waals surface area (Å²) in [5.74, 6) is 0. The standard InChI is InChI=1S/C30H42N2S6/c1-3-21-31(23-13-7-5-8-14-23)29(33)37-35-27-19-20-28(26-18-12-11-17-25(26)27)36-38-30(34)32(22-4-2)24-15-9-6-10-16-24/h11-12,17-20,23-24H,3-10,13-16,21-22H2,1-2H3. The lowest BCUT2D eigenvalue weighted by Gasteiger charge is -2.35. The molecule has 0 aromatic heterocycles. The second-order valence-corrected chi connectivity index (χ2v) is 16.1. The van der Waals surface area contributed by atoms with Gasteiger partial charge in [0.25, 0.3) is 0 Å². The van der Waals surface area contributed by atoms with Crippen LogP contribution < -0.4 is 0 Å². The van der Waals surface area contributed by atoms with Gasteiger partial charge >= 0.3 is 0 Å². The van der Waals surface area contributed by atoms with Gasteiger partial charge in [-0.3, -0.25) is 0 Å². The van der Waals surface area contributed by atoms with E-state index in [9.17, 15) is 0 Å². The predicted molar refractivity (Wildman–Crippen MR) is 184 cm³/mol. The van der Waals surface area contributed by atoms with Crippen molar-refractivity contribution in [3.63, 3.8) is 0 Å². The van der Waals surface area contributed by atoms with Crippen LogP contribution >= 0.6 is 67.6 Å². The first-order valence-electron chi connectivity index (χ1n) is 14.4. The van der Waals surface area contributed by atoms with Gasteiger partial charge in [0.05, 0.1) is 0 Å². The van der Waals surface area contributed by atoms with Crippen LogP contribution in [-0.4, -0.2) is 43.6 Å². The van der Waals surface area contributed by atoms with Crippen molar-refractivity contribution in [2.24, 2.45) is 0 Å². The van der Waals surface area contributed by atoms with Gasteiger partial charge in [0.15, 0.2) is 0 Å². The third kappa shape index (κ3) is 8.45. The smallest absolute Gasteiger partial charge is 0.147 e. The molecule has 0 N–H and O–H groups in total. The molecule has 2 fully saturated rings. The molecule has 0 aliphatic heterocycles. The molecule has 0 spiro atoms. The molecule has 0 heterocycles. The fourth-order valence-corrected chi connectivity index (χ4v) is 11.0. The monoisotopic (exact) mass is 622 g/mol. The normalized spacial score (nSPS) is 17.0. The summed E-state index contributed by atoms with van der Waals surface area (Å²) in [6, 6.07) is 14.6. The first-order chi connectivity index (χ1) is 18.6. The quantitative estimate of drug-likeness (QED) is 0.188. The minimum absolute atomic E-state index is 0.626. The molecule has 38 heavy (non-hydrogen) atoms. The maximum Gasteiger partial charge on any atom is 0.147 e. The maximum atomic E-state index is 5.98. The Bertz CT molecular complexity index is 966. The largest absolute Gasteiger partial charge is 0.354 e. The topological polar surface area (TPSA) is 6.48 Å². The zero-order chi connectivity index (χ0) is 26.7. The zero-order valence-corrected chi connectivity index (χ0v) is 27.8. The minimum atomic E-state index is 0.626. The van der Waals surface area contributed by atoms with Gasteiger partial charge < -0.3 is 9.80 Å². The van der Waals surface area contributed by atoms with Crippen molar-refractivity contribution in [1.29, 1.82) is 0 Å². The molecule has 0 radical (unpaired) electrons. The molecule has 2 aliphatic carbocycles. The van der Waals surface area contributed by atoms with Crippen LogP contribution in [-0.2, 0) is 0 Å². The van der Waals surface area contributed by atoms with Crippen molar-refractivity contribution in [2.75, 3.05) is 13.1 Å². The molecule has 0 unspecified atom stereocenters. The number of rotatable bonds is 10. The molecular formula is C30H42N2S6. The number of hydrogen-bond donors (Lipinski definition) is 0. The van der Waals surface area contributed by atoms with Crippen molar-refractivity contribution in [2.45, 2.75) is 113 Å². The molecule has 2 nitrogen and oxygen atoms in total. The first-order valence-corrected chi connectivity index (χ1v) is 19.6. The highest BCUT2D eigenvalue weighted by Crippen LogP contribution is 2.44.